The Hall–Kier alpha value is -0.820. The van der Waals surface area contributed by atoms with Gasteiger partial charge in [0, 0.05) is 28.3 Å². The molecule has 6 heteroatoms. The van der Waals surface area contributed by atoms with Gasteiger partial charge in [0.1, 0.15) is 4.99 Å². The molecular formula is C19H21BrN2O2S. The number of aryl methyl sites for hydroxylation is 1. The van der Waals surface area contributed by atoms with Crippen molar-refractivity contribution in [3.63, 3.8) is 0 Å². The number of nitrogens with zero attached hydrogens (tertiary/aromatic N) is 1. The zero-order valence-corrected chi connectivity index (χ0v) is 16.6. The van der Waals surface area contributed by atoms with Gasteiger partial charge in [-0.05, 0) is 43.4 Å². The third kappa shape index (κ3) is 2.17. The van der Waals surface area contributed by atoms with Gasteiger partial charge in [0.25, 0.3) is 0 Å². The molecule has 3 spiro atoms. The summed E-state index contributed by atoms with van der Waals surface area (Å²) in [6, 6.07) is 4.55. The predicted molar refractivity (Wildman–Crippen MR) is 104 cm³/mol. The molecule has 0 amide bonds. The SMILES string of the molecule is Cc1cc2c(cc1Br)C1(N=CC(=S)N1)C1(CCC3(CC1)OCCO3)C2. The van der Waals surface area contributed by atoms with Crippen LogP contribution in [0.5, 0.6) is 0 Å². The summed E-state index contributed by atoms with van der Waals surface area (Å²) in [5, 5.41) is 3.58. The minimum Gasteiger partial charge on any atom is -0.348 e. The van der Waals surface area contributed by atoms with Crippen molar-refractivity contribution >= 4 is 39.4 Å². The van der Waals surface area contributed by atoms with E-state index in [9.17, 15) is 0 Å². The topological polar surface area (TPSA) is 42.9 Å². The van der Waals surface area contributed by atoms with E-state index in [1.54, 1.807) is 0 Å². The van der Waals surface area contributed by atoms with E-state index >= 15 is 0 Å². The molecule has 2 fully saturated rings. The van der Waals surface area contributed by atoms with Crippen LogP contribution in [0.25, 0.3) is 0 Å². The van der Waals surface area contributed by atoms with Crippen LogP contribution in [0.15, 0.2) is 21.6 Å². The first-order valence-corrected chi connectivity index (χ1v) is 10.1. The summed E-state index contributed by atoms with van der Waals surface area (Å²) in [6.45, 7) is 3.57. The Morgan fingerprint density at radius 1 is 1.16 bits per heavy atom. The van der Waals surface area contributed by atoms with E-state index in [0.717, 1.165) is 41.6 Å². The van der Waals surface area contributed by atoms with E-state index in [-0.39, 0.29) is 11.2 Å². The first-order valence-electron chi connectivity index (χ1n) is 8.93. The lowest BCUT2D eigenvalue weighted by molar-refractivity contribution is -0.197. The number of ether oxygens (including phenoxy) is 2. The quantitative estimate of drug-likeness (QED) is 0.648. The van der Waals surface area contributed by atoms with Crippen LogP contribution in [0.4, 0.5) is 0 Å². The molecule has 1 unspecified atom stereocenters. The molecule has 25 heavy (non-hydrogen) atoms. The summed E-state index contributed by atoms with van der Waals surface area (Å²) in [7, 11) is 0. The molecular weight excluding hydrogens is 400 g/mol. The van der Waals surface area contributed by atoms with E-state index in [4.69, 9.17) is 26.7 Å². The minimum atomic E-state index is -0.435. The van der Waals surface area contributed by atoms with Crippen LogP contribution in [-0.2, 0) is 21.6 Å². The van der Waals surface area contributed by atoms with Gasteiger partial charge in [-0.2, -0.15) is 0 Å². The van der Waals surface area contributed by atoms with Crippen molar-refractivity contribution in [2.45, 2.75) is 50.5 Å². The Kier molecular flexibility index (Phi) is 3.50. The molecule has 2 heterocycles. The molecule has 4 aliphatic rings. The van der Waals surface area contributed by atoms with Crippen LogP contribution >= 0.6 is 28.1 Å². The summed E-state index contributed by atoms with van der Waals surface area (Å²) >= 11 is 9.15. The lowest BCUT2D eigenvalue weighted by Crippen LogP contribution is -2.54. The Morgan fingerprint density at radius 2 is 1.88 bits per heavy atom. The van der Waals surface area contributed by atoms with Crippen molar-refractivity contribution < 1.29 is 9.47 Å². The van der Waals surface area contributed by atoms with Crippen molar-refractivity contribution in [3.05, 3.63) is 33.3 Å². The van der Waals surface area contributed by atoms with Crippen molar-refractivity contribution in [3.8, 4) is 0 Å². The highest BCUT2D eigenvalue weighted by Gasteiger charge is 2.62. The average molecular weight is 421 g/mol. The van der Waals surface area contributed by atoms with Crippen LogP contribution in [-0.4, -0.2) is 30.2 Å². The standard InChI is InChI=1S/C19H21BrN2O2S/c1-12-8-13-10-17(2-4-18(5-3-17)23-6-7-24-18)19(14(13)9-15(12)20)21-11-16(25)22-19/h8-9,11H,2-7,10H2,1H3,(H,22,25). The maximum absolute atomic E-state index is 5.96. The number of thiocarbonyl (C=S) groups is 1. The first kappa shape index (κ1) is 16.4. The minimum absolute atomic E-state index is 0.0280. The number of nitrogens with one attached hydrogen (secondary N) is 1. The molecule has 1 saturated heterocycles. The fourth-order valence-corrected chi connectivity index (χ4v) is 5.78. The Balaban J connectivity index is 1.59. The van der Waals surface area contributed by atoms with Gasteiger partial charge >= 0.3 is 0 Å². The number of hydrogen-bond donors (Lipinski definition) is 1. The second-order valence-corrected chi connectivity index (χ2v) is 9.08. The molecule has 0 radical (unpaired) electrons. The molecule has 132 valence electrons. The van der Waals surface area contributed by atoms with Gasteiger partial charge in [-0.1, -0.05) is 34.2 Å². The van der Waals surface area contributed by atoms with Crippen LogP contribution in [0.1, 0.15) is 42.4 Å². The van der Waals surface area contributed by atoms with E-state index in [2.05, 4.69) is 40.3 Å². The molecule has 2 aliphatic carbocycles. The number of halogens is 1. The van der Waals surface area contributed by atoms with Gasteiger partial charge in [-0.25, -0.2) is 0 Å². The lowest BCUT2D eigenvalue weighted by Gasteiger charge is -2.48. The Morgan fingerprint density at radius 3 is 2.52 bits per heavy atom. The molecule has 0 aromatic heterocycles. The van der Waals surface area contributed by atoms with E-state index in [0.29, 0.717) is 13.2 Å². The van der Waals surface area contributed by atoms with Gasteiger partial charge in [0.15, 0.2) is 11.4 Å². The number of hydrogen-bond acceptors (Lipinski definition) is 4. The second-order valence-electron chi connectivity index (χ2n) is 7.78. The molecule has 1 saturated carbocycles. The summed E-state index contributed by atoms with van der Waals surface area (Å²) in [5.41, 5.74) is 3.52. The maximum Gasteiger partial charge on any atom is 0.168 e. The van der Waals surface area contributed by atoms with Crippen LogP contribution < -0.4 is 5.32 Å². The molecule has 1 aromatic carbocycles. The third-order valence-corrected chi connectivity index (χ3v) is 7.59. The predicted octanol–water partition coefficient (Wildman–Crippen LogP) is 3.77. The summed E-state index contributed by atoms with van der Waals surface area (Å²) in [4.78, 5) is 5.71. The van der Waals surface area contributed by atoms with Gasteiger partial charge in [0.05, 0.1) is 19.4 Å². The van der Waals surface area contributed by atoms with Crippen LogP contribution in [0, 0.1) is 12.3 Å². The Labute approximate surface area is 161 Å². The Bertz CT molecular complexity index is 793. The third-order valence-electron chi connectivity index (χ3n) is 6.53. The van der Waals surface area contributed by atoms with Crippen molar-refractivity contribution in [2.24, 2.45) is 10.4 Å². The maximum atomic E-state index is 5.96. The first-order chi connectivity index (χ1) is 12.0. The number of benzene rings is 1. The number of fused-ring (bicyclic) bond motifs is 3. The van der Waals surface area contributed by atoms with Gasteiger partial charge in [0.2, 0.25) is 0 Å². The summed E-state index contributed by atoms with van der Waals surface area (Å²) in [5.74, 6) is -0.361. The van der Waals surface area contributed by atoms with E-state index in [1.807, 2.05) is 6.21 Å². The van der Waals surface area contributed by atoms with Crippen LogP contribution in [0.3, 0.4) is 0 Å². The molecule has 1 N–H and O–H groups in total. The molecule has 2 aliphatic heterocycles. The second kappa shape index (κ2) is 5.35. The average Bonchev–Trinajstić information content (AvgIpc) is 3.26. The normalized spacial score (nSPS) is 31.2. The van der Waals surface area contributed by atoms with Crippen molar-refractivity contribution in [1.82, 2.24) is 5.32 Å². The molecule has 1 atom stereocenters. The highest BCUT2D eigenvalue weighted by molar-refractivity contribution is 9.10. The molecule has 4 nitrogen and oxygen atoms in total. The zero-order chi connectivity index (χ0) is 17.3. The zero-order valence-electron chi connectivity index (χ0n) is 14.2. The smallest absolute Gasteiger partial charge is 0.168 e. The molecule has 0 bridgehead atoms. The fourth-order valence-electron chi connectivity index (χ4n) is 5.24. The van der Waals surface area contributed by atoms with Crippen LogP contribution in [0.2, 0.25) is 0 Å². The summed E-state index contributed by atoms with van der Waals surface area (Å²) < 4.78 is 13.0. The van der Waals surface area contributed by atoms with Gasteiger partial charge in [-0.3, -0.25) is 4.99 Å². The van der Waals surface area contributed by atoms with E-state index < -0.39 is 5.66 Å². The molecule has 1 aromatic rings. The van der Waals surface area contributed by atoms with E-state index in [1.165, 1.54) is 16.7 Å². The number of aliphatic imine (C=N–C) groups is 1. The fraction of sp³-hybridized carbons (Fsp3) is 0.579. The van der Waals surface area contributed by atoms with Crippen molar-refractivity contribution in [2.75, 3.05) is 13.2 Å². The monoisotopic (exact) mass is 420 g/mol. The van der Waals surface area contributed by atoms with Gasteiger partial charge < -0.3 is 14.8 Å². The van der Waals surface area contributed by atoms with Crippen molar-refractivity contribution in [1.29, 1.82) is 0 Å². The summed E-state index contributed by atoms with van der Waals surface area (Å²) in [6.07, 6.45) is 6.74. The number of rotatable bonds is 0. The largest absolute Gasteiger partial charge is 0.348 e. The van der Waals surface area contributed by atoms with Gasteiger partial charge in [-0.15, -0.1) is 0 Å². The highest BCUT2D eigenvalue weighted by atomic mass is 79.9. The molecule has 5 rings (SSSR count). The highest BCUT2D eigenvalue weighted by Crippen LogP contribution is 2.61. The lowest BCUT2D eigenvalue weighted by atomic mass is 9.64.